The average Bonchev–Trinajstić information content (AvgIpc) is 3.11. The summed E-state index contributed by atoms with van der Waals surface area (Å²) in [4.78, 5) is 22.9. The summed E-state index contributed by atoms with van der Waals surface area (Å²) in [6.45, 7) is 5.88. The Kier molecular flexibility index (Phi) is 2.37. The molecule has 1 aliphatic heterocycles. The van der Waals surface area contributed by atoms with Crippen molar-refractivity contribution in [2.45, 2.75) is 33.6 Å². The fraction of sp³-hybridized carbons (Fsp3) is 0.529. The molecular weight excluding hydrogens is 268 g/mol. The number of allylic oxidation sites excluding steroid dienone is 3. The Bertz CT molecular complexity index is 679. The molecule has 0 saturated heterocycles. The molecule has 110 valence electrons. The normalized spacial score (nSPS) is 36.0. The molecule has 0 radical (unpaired) electrons. The van der Waals surface area contributed by atoms with E-state index in [1.165, 1.54) is 18.1 Å². The van der Waals surface area contributed by atoms with E-state index < -0.39 is 0 Å². The zero-order valence-electron chi connectivity index (χ0n) is 12.5. The van der Waals surface area contributed by atoms with E-state index in [4.69, 9.17) is 9.47 Å². The standard InChI is InChI=1S/C17H18O4/c1-8-10-4-14-12(7-20-9(2)18)11-5-13(11)17(14,3)6-15(10)21-16(8)19/h6,11,13H,4-5,7H2,1-3H3/t11-,13-,17+/m1/s1. The second kappa shape index (κ2) is 3.87. The fourth-order valence-electron chi connectivity index (χ4n) is 4.24. The number of fused-ring (bicyclic) bond motifs is 4. The second-order valence-corrected chi connectivity index (χ2v) is 6.69. The highest BCUT2D eigenvalue weighted by Gasteiger charge is 2.60. The molecule has 4 aliphatic rings. The minimum atomic E-state index is -0.240. The number of esters is 2. The minimum Gasteiger partial charge on any atom is -0.461 e. The zero-order valence-corrected chi connectivity index (χ0v) is 12.5. The fourth-order valence-corrected chi connectivity index (χ4v) is 4.24. The van der Waals surface area contributed by atoms with Crippen molar-refractivity contribution in [2.75, 3.05) is 6.61 Å². The molecule has 0 unspecified atom stereocenters. The van der Waals surface area contributed by atoms with Gasteiger partial charge in [-0.2, -0.15) is 0 Å². The molecule has 4 heteroatoms. The Labute approximate surface area is 123 Å². The first kappa shape index (κ1) is 12.9. The highest BCUT2D eigenvalue weighted by atomic mass is 16.5. The first-order chi connectivity index (χ1) is 9.91. The van der Waals surface area contributed by atoms with Crippen LogP contribution >= 0.6 is 0 Å². The first-order valence-electron chi connectivity index (χ1n) is 7.42. The van der Waals surface area contributed by atoms with Gasteiger partial charge in [0.2, 0.25) is 0 Å². The lowest BCUT2D eigenvalue weighted by Gasteiger charge is -2.32. The van der Waals surface area contributed by atoms with Gasteiger partial charge in [-0.05, 0) is 43.3 Å². The molecule has 3 aliphatic carbocycles. The lowest BCUT2D eigenvalue weighted by atomic mass is 9.72. The van der Waals surface area contributed by atoms with E-state index in [1.54, 1.807) is 0 Å². The Hall–Kier alpha value is -1.84. The third-order valence-electron chi connectivity index (χ3n) is 5.52. The van der Waals surface area contributed by atoms with Gasteiger partial charge < -0.3 is 9.47 Å². The maximum absolute atomic E-state index is 11.7. The van der Waals surface area contributed by atoms with E-state index in [0.29, 0.717) is 24.0 Å². The van der Waals surface area contributed by atoms with E-state index >= 15 is 0 Å². The summed E-state index contributed by atoms with van der Waals surface area (Å²) in [7, 11) is 0. The van der Waals surface area contributed by atoms with Gasteiger partial charge in [-0.15, -0.1) is 0 Å². The third-order valence-corrected chi connectivity index (χ3v) is 5.52. The maximum Gasteiger partial charge on any atom is 0.339 e. The Morgan fingerprint density at radius 2 is 2.29 bits per heavy atom. The molecule has 0 N–H and O–H groups in total. The molecule has 0 aromatic heterocycles. The molecule has 1 heterocycles. The number of rotatable bonds is 2. The molecule has 0 spiro atoms. The van der Waals surface area contributed by atoms with E-state index in [0.717, 1.165) is 24.2 Å². The summed E-state index contributed by atoms with van der Waals surface area (Å²) < 4.78 is 10.6. The predicted molar refractivity (Wildman–Crippen MR) is 74.9 cm³/mol. The van der Waals surface area contributed by atoms with Crippen LogP contribution in [-0.2, 0) is 19.1 Å². The second-order valence-electron chi connectivity index (χ2n) is 6.69. The van der Waals surface area contributed by atoms with Gasteiger partial charge in [-0.3, -0.25) is 4.79 Å². The van der Waals surface area contributed by atoms with Crippen molar-refractivity contribution in [3.05, 3.63) is 34.1 Å². The number of carbonyl (C=O) groups is 2. The van der Waals surface area contributed by atoms with Gasteiger partial charge in [-0.1, -0.05) is 12.5 Å². The lowest BCUT2D eigenvalue weighted by Crippen LogP contribution is -2.23. The van der Waals surface area contributed by atoms with Crippen LogP contribution in [0, 0.1) is 17.3 Å². The van der Waals surface area contributed by atoms with Crippen LogP contribution in [0.25, 0.3) is 0 Å². The summed E-state index contributed by atoms with van der Waals surface area (Å²) >= 11 is 0. The number of hydrogen-bond acceptors (Lipinski definition) is 4. The molecule has 1 fully saturated rings. The minimum absolute atomic E-state index is 0.0378. The SMILES string of the molecule is CC(=O)OCC1=C2CC3=C(C)C(=O)OC3=C[C@@]2(C)[C@@H]2C[C@H]12. The van der Waals surface area contributed by atoms with Gasteiger partial charge in [0.15, 0.2) is 0 Å². The van der Waals surface area contributed by atoms with Gasteiger partial charge in [0.1, 0.15) is 12.4 Å². The van der Waals surface area contributed by atoms with Gasteiger partial charge in [-0.25, -0.2) is 4.79 Å². The summed E-state index contributed by atoms with van der Waals surface area (Å²) in [5.74, 6) is 1.40. The van der Waals surface area contributed by atoms with Crippen molar-refractivity contribution in [1.82, 2.24) is 0 Å². The molecule has 21 heavy (non-hydrogen) atoms. The zero-order chi connectivity index (χ0) is 14.9. The van der Waals surface area contributed by atoms with Crippen molar-refractivity contribution in [3.63, 3.8) is 0 Å². The molecule has 0 amide bonds. The van der Waals surface area contributed by atoms with Gasteiger partial charge >= 0.3 is 11.9 Å². The van der Waals surface area contributed by atoms with E-state index in [1.807, 2.05) is 6.92 Å². The van der Waals surface area contributed by atoms with Crippen molar-refractivity contribution in [2.24, 2.45) is 17.3 Å². The van der Waals surface area contributed by atoms with Crippen LogP contribution in [0.3, 0.4) is 0 Å². The van der Waals surface area contributed by atoms with Gasteiger partial charge in [0.25, 0.3) is 0 Å². The van der Waals surface area contributed by atoms with Crippen LogP contribution in [0.15, 0.2) is 34.1 Å². The summed E-state index contributed by atoms with van der Waals surface area (Å²) in [6, 6.07) is 0. The third kappa shape index (κ3) is 1.62. The molecule has 0 aromatic rings. The lowest BCUT2D eigenvalue weighted by molar-refractivity contribution is -0.140. The Balaban J connectivity index is 1.77. The van der Waals surface area contributed by atoms with E-state index in [2.05, 4.69) is 13.0 Å². The van der Waals surface area contributed by atoms with Crippen molar-refractivity contribution in [3.8, 4) is 0 Å². The maximum atomic E-state index is 11.7. The number of ether oxygens (including phenoxy) is 2. The highest BCUT2D eigenvalue weighted by molar-refractivity contribution is 5.94. The molecule has 3 atom stereocenters. The smallest absolute Gasteiger partial charge is 0.339 e. The van der Waals surface area contributed by atoms with E-state index in [9.17, 15) is 9.59 Å². The molecule has 1 saturated carbocycles. The quantitative estimate of drug-likeness (QED) is 0.578. The Morgan fingerprint density at radius 3 is 3.00 bits per heavy atom. The van der Waals surface area contributed by atoms with Crippen molar-refractivity contribution >= 4 is 11.9 Å². The average molecular weight is 286 g/mol. The molecule has 4 nitrogen and oxygen atoms in total. The molecule has 4 rings (SSSR count). The first-order valence-corrected chi connectivity index (χ1v) is 7.42. The molecular formula is C17H18O4. The summed E-state index contributed by atoms with van der Waals surface area (Å²) in [5, 5.41) is 0. The highest BCUT2D eigenvalue weighted by Crippen LogP contribution is 2.68. The van der Waals surface area contributed by atoms with Crippen LogP contribution in [-0.4, -0.2) is 18.5 Å². The van der Waals surface area contributed by atoms with Crippen molar-refractivity contribution < 1.29 is 19.1 Å². The van der Waals surface area contributed by atoms with Crippen LogP contribution in [0.4, 0.5) is 0 Å². The van der Waals surface area contributed by atoms with Crippen LogP contribution in [0.2, 0.25) is 0 Å². The number of carbonyl (C=O) groups excluding carboxylic acids is 2. The van der Waals surface area contributed by atoms with E-state index in [-0.39, 0.29) is 17.4 Å². The molecule has 0 bridgehead atoms. The largest absolute Gasteiger partial charge is 0.461 e. The van der Waals surface area contributed by atoms with Crippen molar-refractivity contribution in [1.29, 1.82) is 0 Å². The van der Waals surface area contributed by atoms with Gasteiger partial charge in [0.05, 0.1) is 0 Å². The van der Waals surface area contributed by atoms with Crippen LogP contribution in [0.1, 0.15) is 33.6 Å². The van der Waals surface area contributed by atoms with Gasteiger partial charge in [0, 0.05) is 23.5 Å². The Morgan fingerprint density at radius 1 is 1.52 bits per heavy atom. The summed E-state index contributed by atoms with van der Waals surface area (Å²) in [5.41, 5.74) is 4.29. The molecule has 0 aromatic carbocycles. The van der Waals surface area contributed by atoms with Crippen LogP contribution in [0.5, 0.6) is 0 Å². The number of hydrogen-bond donors (Lipinski definition) is 0. The van der Waals surface area contributed by atoms with Crippen LogP contribution < -0.4 is 0 Å². The predicted octanol–water partition coefficient (Wildman–Crippen LogP) is 2.66. The monoisotopic (exact) mass is 286 g/mol. The topological polar surface area (TPSA) is 52.6 Å². The summed E-state index contributed by atoms with van der Waals surface area (Å²) in [6.07, 6.45) is 4.02.